The normalized spacial score (nSPS) is 16.5. The van der Waals surface area contributed by atoms with E-state index in [0.717, 1.165) is 12.1 Å². The Morgan fingerprint density at radius 2 is 1.79 bits per heavy atom. The van der Waals surface area contributed by atoms with Gasteiger partial charge in [0.2, 0.25) is 0 Å². The van der Waals surface area contributed by atoms with Crippen molar-refractivity contribution in [2.24, 2.45) is 0 Å². The van der Waals surface area contributed by atoms with Gasteiger partial charge in [-0.15, -0.1) is 0 Å². The van der Waals surface area contributed by atoms with Crippen LogP contribution in [0.25, 0.3) is 0 Å². The number of methoxy groups -OCH3 is 2. The number of carbonyl (C=O) groups excluding carboxylic acids is 1. The van der Waals surface area contributed by atoms with Crippen molar-refractivity contribution in [3.63, 3.8) is 0 Å². The minimum Gasteiger partial charge on any atom is -0.495 e. The van der Waals surface area contributed by atoms with Crippen LogP contribution < -0.4 is 15.0 Å². The van der Waals surface area contributed by atoms with Gasteiger partial charge in [-0.1, -0.05) is 25.1 Å². The monoisotopic (exact) mass is 418 g/mol. The number of rotatable bonds is 5. The number of nitrogens with one attached hydrogen (secondary N) is 1. The number of ether oxygens (including phenoxy) is 2. The summed E-state index contributed by atoms with van der Waals surface area (Å²) >= 11 is 5.53. The van der Waals surface area contributed by atoms with Crippen LogP contribution in [0.3, 0.4) is 0 Å². The van der Waals surface area contributed by atoms with Gasteiger partial charge in [0.05, 0.1) is 37.1 Å². The average molecular weight is 418 g/mol. The van der Waals surface area contributed by atoms with Crippen molar-refractivity contribution < 1.29 is 23.0 Å². The highest BCUT2D eigenvalue weighted by Crippen LogP contribution is 2.40. The lowest BCUT2D eigenvalue weighted by Crippen LogP contribution is -2.49. The van der Waals surface area contributed by atoms with Crippen LogP contribution in [0, 0.1) is 11.6 Å². The second-order valence-corrected chi connectivity index (χ2v) is 6.62. The van der Waals surface area contributed by atoms with Crippen LogP contribution in [0.1, 0.15) is 24.9 Å². The first-order valence-electron chi connectivity index (χ1n) is 8.93. The standard InChI is InChI=1S/C21H20F2N2O3S/c1-4-14-18(20(26)28-3)19(17-12(22)8-7-9-13(17)23)24-21(29)25(14)15-10-5-6-11-16(15)27-2/h5-11,19H,4H2,1-3H3,(H,24,29)/t19-/m1/s1. The van der Waals surface area contributed by atoms with E-state index < -0.39 is 23.6 Å². The number of hydrogen-bond donors (Lipinski definition) is 1. The quantitative estimate of drug-likeness (QED) is 0.579. The fourth-order valence-electron chi connectivity index (χ4n) is 3.44. The zero-order chi connectivity index (χ0) is 21.1. The van der Waals surface area contributed by atoms with Gasteiger partial charge in [0.15, 0.2) is 5.11 Å². The molecule has 0 aromatic heterocycles. The van der Waals surface area contributed by atoms with Gasteiger partial charge in [-0.05, 0) is 42.9 Å². The summed E-state index contributed by atoms with van der Waals surface area (Å²) in [6.07, 6.45) is 0.358. The summed E-state index contributed by atoms with van der Waals surface area (Å²) in [5.74, 6) is -1.74. The Labute approximate surface area is 172 Å². The highest BCUT2D eigenvalue weighted by atomic mass is 32.1. The van der Waals surface area contributed by atoms with Crippen LogP contribution in [0.15, 0.2) is 53.7 Å². The molecular formula is C21H20F2N2O3S. The fraction of sp³-hybridized carbons (Fsp3) is 0.238. The maximum atomic E-state index is 14.5. The minimum atomic E-state index is -1.13. The third-order valence-corrected chi connectivity index (χ3v) is 5.00. The number of anilines is 1. The zero-order valence-electron chi connectivity index (χ0n) is 16.2. The maximum absolute atomic E-state index is 14.5. The van der Waals surface area contributed by atoms with E-state index in [-0.39, 0.29) is 16.2 Å². The first-order valence-corrected chi connectivity index (χ1v) is 9.34. The van der Waals surface area contributed by atoms with Crippen molar-refractivity contribution in [1.29, 1.82) is 0 Å². The topological polar surface area (TPSA) is 50.8 Å². The molecule has 2 aromatic rings. The highest BCUT2D eigenvalue weighted by Gasteiger charge is 2.39. The molecule has 0 bridgehead atoms. The summed E-state index contributed by atoms with van der Waals surface area (Å²) in [5, 5.41) is 3.09. The molecule has 1 aliphatic heterocycles. The Kier molecular flexibility index (Phi) is 6.12. The Balaban J connectivity index is 2.28. The van der Waals surface area contributed by atoms with Gasteiger partial charge in [0.25, 0.3) is 0 Å². The Morgan fingerprint density at radius 1 is 1.14 bits per heavy atom. The van der Waals surface area contributed by atoms with Gasteiger partial charge in [0, 0.05) is 5.70 Å². The molecule has 152 valence electrons. The number of para-hydroxylation sites is 2. The summed E-state index contributed by atoms with van der Waals surface area (Å²) in [6.45, 7) is 1.82. The second-order valence-electron chi connectivity index (χ2n) is 6.23. The Hall–Kier alpha value is -3.00. The van der Waals surface area contributed by atoms with Gasteiger partial charge in [-0.3, -0.25) is 4.90 Å². The molecule has 1 heterocycles. The average Bonchev–Trinajstić information content (AvgIpc) is 2.72. The molecule has 0 amide bonds. The van der Waals surface area contributed by atoms with Crippen molar-refractivity contribution in [3.05, 3.63) is 70.9 Å². The first-order chi connectivity index (χ1) is 13.9. The lowest BCUT2D eigenvalue weighted by Gasteiger charge is -2.38. The lowest BCUT2D eigenvalue weighted by molar-refractivity contribution is -0.136. The van der Waals surface area contributed by atoms with E-state index in [1.54, 1.807) is 29.2 Å². The van der Waals surface area contributed by atoms with Crippen LogP contribution in [0.4, 0.5) is 14.5 Å². The van der Waals surface area contributed by atoms with Crippen molar-refractivity contribution in [2.45, 2.75) is 19.4 Å². The van der Waals surface area contributed by atoms with E-state index in [1.165, 1.54) is 20.3 Å². The summed E-state index contributed by atoms with van der Waals surface area (Å²) in [5.41, 5.74) is 0.857. The van der Waals surface area contributed by atoms with Gasteiger partial charge in [0.1, 0.15) is 17.4 Å². The summed E-state index contributed by atoms with van der Waals surface area (Å²) < 4.78 is 39.5. The number of carbonyl (C=O) groups is 1. The molecular weight excluding hydrogens is 398 g/mol. The molecule has 0 fully saturated rings. The van der Waals surface area contributed by atoms with E-state index in [1.807, 2.05) is 6.92 Å². The summed E-state index contributed by atoms with van der Waals surface area (Å²) in [7, 11) is 2.74. The first kappa shape index (κ1) is 20.7. The number of nitrogens with zero attached hydrogens (tertiary/aromatic N) is 1. The molecule has 0 radical (unpaired) electrons. The van der Waals surface area contributed by atoms with Crippen LogP contribution >= 0.6 is 12.2 Å². The van der Waals surface area contributed by atoms with Crippen molar-refractivity contribution >= 4 is 29.0 Å². The van der Waals surface area contributed by atoms with Crippen molar-refractivity contribution in [3.8, 4) is 5.75 Å². The maximum Gasteiger partial charge on any atom is 0.338 e. The summed E-state index contributed by atoms with van der Waals surface area (Å²) in [6, 6.07) is 9.54. The van der Waals surface area contributed by atoms with Crippen LogP contribution in [-0.4, -0.2) is 25.3 Å². The molecule has 0 unspecified atom stereocenters. The molecule has 1 N–H and O–H groups in total. The SMILES string of the molecule is CCC1=C(C(=O)OC)[C@@H](c2c(F)cccc2F)NC(=S)N1c1ccccc1OC. The Morgan fingerprint density at radius 3 is 2.38 bits per heavy atom. The molecule has 29 heavy (non-hydrogen) atoms. The molecule has 3 rings (SSSR count). The van der Waals surface area contributed by atoms with Crippen LogP contribution in [-0.2, 0) is 9.53 Å². The van der Waals surface area contributed by atoms with Gasteiger partial charge in [-0.2, -0.15) is 0 Å². The predicted molar refractivity (Wildman–Crippen MR) is 110 cm³/mol. The van der Waals surface area contributed by atoms with Crippen molar-refractivity contribution in [1.82, 2.24) is 5.32 Å². The third-order valence-electron chi connectivity index (χ3n) is 4.70. The smallest absolute Gasteiger partial charge is 0.338 e. The zero-order valence-corrected chi connectivity index (χ0v) is 17.0. The number of allylic oxidation sites excluding steroid dienone is 1. The van der Waals surface area contributed by atoms with E-state index in [9.17, 15) is 13.6 Å². The molecule has 5 nitrogen and oxygen atoms in total. The molecule has 0 aliphatic carbocycles. The number of thiocarbonyl (C=S) groups is 1. The molecule has 2 aromatic carbocycles. The summed E-state index contributed by atoms with van der Waals surface area (Å²) in [4.78, 5) is 14.3. The number of benzene rings is 2. The third kappa shape index (κ3) is 3.67. The van der Waals surface area contributed by atoms with Crippen molar-refractivity contribution in [2.75, 3.05) is 19.1 Å². The van der Waals surface area contributed by atoms with Gasteiger partial charge in [-0.25, -0.2) is 13.6 Å². The highest BCUT2D eigenvalue weighted by molar-refractivity contribution is 7.80. The molecule has 0 saturated heterocycles. The van der Waals surface area contributed by atoms with Gasteiger partial charge >= 0.3 is 5.97 Å². The number of halogens is 2. The fourth-order valence-corrected chi connectivity index (χ4v) is 3.76. The molecule has 0 saturated carbocycles. The molecule has 0 spiro atoms. The Bertz CT molecular complexity index is 973. The van der Waals surface area contributed by atoms with Crippen LogP contribution in [0.5, 0.6) is 5.75 Å². The van der Waals surface area contributed by atoms with E-state index in [2.05, 4.69) is 5.32 Å². The van der Waals surface area contributed by atoms with Gasteiger partial charge < -0.3 is 14.8 Å². The molecule has 8 heteroatoms. The van der Waals surface area contributed by atoms with E-state index in [0.29, 0.717) is 23.6 Å². The van der Waals surface area contributed by atoms with Crippen LogP contribution in [0.2, 0.25) is 0 Å². The second kappa shape index (κ2) is 8.57. The molecule has 1 atom stereocenters. The van der Waals surface area contributed by atoms with E-state index in [4.69, 9.17) is 21.7 Å². The van der Waals surface area contributed by atoms with E-state index >= 15 is 0 Å². The largest absolute Gasteiger partial charge is 0.495 e. The molecule has 1 aliphatic rings. The minimum absolute atomic E-state index is 0.0820. The number of esters is 1. The number of hydrogen-bond acceptors (Lipinski definition) is 4. The predicted octanol–water partition coefficient (Wildman–Crippen LogP) is 4.25. The lowest BCUT2D eigenvalue weighted by atomic mass is 9.92.